The van der Waals surface area contributed by atoms with Crippen molar-refractivity contribution in [2.75, 3.05) is 0 Å². The van der Waals surface area contributed by atoms with Crippen molar-refractivity contribution in [1.29, 1.82) is 0 Å². The minimum atomic E-state index is 0.630. The highest BCUT2D eigenvalue weighted by molar-refractivity contribution is 6.14. The Hall–Kier alpha value is -17.2. The summed E-state index contributed by atoms with van der Waals surface area (Å²) >= 11 is 0. The van der Waals surface area contributed by atoms with Crippen molar-refractivity contribution < 1.29 is 8.83 Å². The highest BCUT2D eigenvalue weighted by Gasteiger charge is 2.20. The van der Waals surface area contributed by atoms with Crippen LogP contribution in [0.5, 0.6) is 0 Å². The minimum absolute atomic E-state index is 0.630. The van der Waals surface area contributed by atoms with Gasteiger partial charge in [-0.2, -0.15) is 0 Å². The number of fused-ring (bicyclic) bond motifs is 11. The number of furan rings is 2. The van der Waals surface area contributed by atoms with Gasteiger partial charge in [-0.3, -0.25) is 0 Å². The van der Waals surface area contributed by atoms with Crippen LogP contribution in [0, 0.1) is 0 Å². The van der Waals surface area contributed by atoms with Crippen LogP contribution in [0.1, 0.15) is 0 Å². The maximum absolute atomic E-state index is 6.27. The van der Waals surface area contributed by atoms with E-state index < -0.39 is 0 Å². The number of benzene rings is 18. The van der Waals surface area contributed by atoms with Gasteiger partial charge in [-0.1, -0.05) is 364 Å². The monoisotopic (exact) mass is 1610 g/mol. The second kappa shape index (κ2) is 31.7. The number of hydrogen-bond acceptors (Lipinski definition) is 12. The zero-order valence-corrected chi connectivity index (χ0v) is 67.7. The van der Waals surface area contributed by atoms with Crippen LogP contribution in [0.4, 0.5) is 0 Å². The van der Waals surface area contributed by atoms with Crippen molar-refractivity contribution in [1.82, 2.24) is 49.8 Å². The number of nitrogens with zero attached hydrogens (tertiary/aromatic N) is 10. The van der Waals surface area contributed by atoms with Gasteiger partial charge in [-0.15, -0.1) is 0 Å². The van der Waals surface area contributed by atoms with E-state index in [1.54, 1.807) is 0 Å². The summed E-state index contributed by atoms with van der Waals surface area (Å²) in [5.41, 5.74) is 33.7. The summed E-state index contributed by atoms with van der Waals surface area (Å²) < 4.78 is 12.4. The van der Waals surface area contributed by atoms with Crippen molar-refractivity contribution in [3.05, 3.63) is 425 Å². The molecule has 0 aliphatic rings. The Kier molecular flexibility index (Phi) is 18.6. The molecular formula is C114H70N10O2. The average Bonchev–Trinajstić information content (AvgIpc) is 1.59. The summed E-state index contributed by atoms with van der Waals surface area (Å²) in [7, 11) is 0. The van der Waals surface area contributed by atoms with Crippen LogP contribution >= 0.6 is 0 Å². The Morgan fingerprint density at radius 3 is 0.730 bits per heavy atom. The van der Waals surface area contributed by atoms with Gasteiger partial charge in [0.05, 0.1) is 38.6 Å². The molecule has 0 atom stereocenters. The molecule has 6 aromatic heterocycles. The zero-order chi connectivity index (χ0) is 83.4. The van der Waals surface area contributed by atoms with Gasteiger partial charge in [0, 0.05) is 61.0 Å². The van der Waals surface area contributed by atoms with Gasteiger partial charge >= 0.3 is 0 Å². The van der Waals surface area contributed by atoms with E-state index >= 15 is 0 Å². The van der Waals surface area contributed by atoms with Crippen LogP contribution in [0.25, 0.3) is 245 Å². The molecule has 588 valence electrons. The SMILES string of the molecule is c1ccc(-c2ccc(-c3nc(-c4ccccc4)nc(-c4ccc(-c5ccc(-c6ccc(-c7ccc8nc9cc%10c(cc9nc8c7)oc7ccccc7%10)cc6)cc5)cc4)n3)cc2)cc1.c1ccc(-c2ccc(-c3nc(-c4ccccc4)nc(-c4ccc(-c5ccc(-c6ccc(-c7ccc8nc9ccc%10c%11ccccc%11oc%10c9nc8c7)cc6)cc5)cc4)n3)cc2)cc1. The molecule has 0 amide bonds. The van der Waals surface area contributed by atoms with Gasteiger partial charge in [0.2, 0.25) is 0 Å². The number of para-hydroxylation sites is 2. The van der Waals surface area contributed by atoms with Crippen LogP contribution in [0.2, 0.25) is 0 Å². The van der Waals surface area contributed by atoms with Gasteiger partial charge < -0.3 is 8.83 Å². The predicted molar refractivity (Wildman–Crippen MR) is 512 cm³/mol. The Balaban J connectivity index is 0.000000145. The first-order valence-electron chi connectivity index (χ1n) is 41.9. The summed E-state index contributed by atoms with van der Waals surface area (Å²) in [5.74, 6) is 3.81. The highest BCUT2D eigenvalue weighted by Crippen LogP contribution is 2.40. The highest BCUT2D eigenvalue weighted by atomic mass is 16.3. The van der Waals surface area contributed by atoms with Crippen molar-refractivity contribution >= 4 is 88.0 Å². The van der Waals surface area contributed by atoms with E-state index in [0.717, 1.165) is 199 Å². The largest absolute Gasteiger partial charge is 0.456 e. The first-order valence-corrected chi connectivity index (χ1v) is 41.9. The number of hydrogen-bond donors (Lipinski definition) is 0. The van der Waals surface area contributed by atoms with Gasteiger partial charge in [0.1, 0.15) is 22.3 Å². The van der Waals surface area contributed by atoms with Crippen molar-refractivity contribution in [3.63, 3.8) is 0 Å². The van der Waals surface area contributed by atoms with Crippen LogP contribution in [-0.2, 0) is 0 Å². The molecule has 0 spiro atoms. The smallest absolute Gasteiger partial charge is 0.164 e. The molecule has 0 bridgehead atoms. The fourth-order valence-corrected chi connectivity index (χ4v) is 16.8. The molecule has 0 N–H and O–H groups in total. The van der Waals surface area contributed by atoms with Crippen LogP contribution < -0.4 is 0 Å². The molecule has 6 heterocycles. The van der Waals surface area contributed by atoms with Crippen LogP contribution in [-0.4, -0.2) is 49.8 Å². The Labute approximate surface area is 724 Å². The molecule has 126 heavy (non-hydrogen) atoms. The van der Waals surface area contributed by atoms with E-state index in [-0.39, 0.29) is 0 Å². The summed E-state index contributed by atoms with van der Waals surface area (Å²) in [6.45, 7) is 0. The Morgan fingerprint density at radius 1 is 0.127 bits per heavy atom. The molecule has 0 aliphatic heterocycles. The standard InChI is InChI=1S/2C57H35N5O/c1-3-9-36(10-4-1)37-23-27-44(28-24-37)56-60-55(43-11-5-2-6-12-43)61-57(62-56)45-29-25-41(26-30-45)39-17-15-38(16-18-39)40-19-21-42(22-20-40)46-31-33-49-51(35-46)59-53-50(58-49)34-32-48-47-13-7-8-14-52(47)63-54(48)53;1-3-9-36(10-4-1)37-23-27-44(28-24-37)56-60-55(43-11-5-2-6-12-43)61-57(62-56)45-29-25-41(26-30-45)39-17-15-38(16-18-39)40-19-21-42(22-20-40)46-31-32-49-50(33-46)59-52-35-54-48(34-51(52)58-49)47-13-7-8-14-53(47)63-54/h2*1-35H. The molecule has 0 radical (unpaired) electrons. The second-order valence-electron chi connectivity index (χ2n) is 31.4. The van der Waals surface area contributed by atoms with E-state index in [4.69, 9.17) is 58.7 Å². The third-order valence-corrected chi connectivity index (χ3v) is 23.5. The lowest BCUT2D eigenvalue weighted by molar-refractivity contribution is 0.669. The van der Waals surface area contributed by atoms with Crippen molar-refractivity contribution in [3.8, 4) is 157 Å². The first-order chi connectivity index (χ1) is 62.3. The second-order valence-corrected chi connectivity index (χ2v) is 31.4. The van der Waals surface area contributed by atoms with Crippen LogP contribution in [0.3, 0.4) is 0 Å². The van der Waals surface area contributed by atoms with E-state index in [0.29, 0.717) is 34.9 Å². The van der Waals surface area contributed by atoms with Crippen molar-refractivity contribution in [2.45, 2.75) is 0 Å². The fourth-order valence-electron chi connectivity index (χ4n) is 16.8. The summed E-state index contributed by atoms with van der Waals surface area (Å²) in [5, 5.41) is 4.28. The van der Waals surface area contributed by atoms with E-state index in [9.17, 15) is 0 Å². The third kappa shape index (κ3) is 14.4. The summed E-state index contributed by atoms with van der Waals surface area (Å²) in [6.07, 6.45) is 0. The maximum Gasteiger partial charge on any atom is 0.164 e. The summed E-state index contributed by atoms with van der Waals surface area (Å²) in [6, 6.07) is 146. The topological polar surface area (TPSA) is 155 Å². The molecule has 0 saturated heterocycles. The molecule has 18 aromatic carbocycles. The molecule has 0 unspecified atom stereocenters. The van der Waals surface area contributed by atoms with Gasteiger partial charge in [0.15, 0.2) is 40.5 Å². The molecule has 24 rings (SSSR count). The average molecular weight is 1610 g/mol. The molecule has 0 saturated carbocycles. The fraction of sp³-hybridized carbons (Fsp3) is 0. The molecule has 0 aliphatic carbocycles. The van der Waals surface area contributed by atoms with E-state index in [2.05, 4.69) is 303 Å². The van der Waals surface area contributed by atoms with Gasteiger partial charge in [0.25, 0.3) is 0 Å². The lowest BCUT2D eigenvalue weighted by atomic mass is 9.97. The molecule has 12 heteroatoms. The Bertz CT molecular complexity index is 8230. The van der Waals surface area contributed by atoms with Crippen molar-refractivity contribution in [2.24, 2.45) is 0 Å². The minimum Gasteiger partial charge on any atom is -0.456 e. The number of rotatable bonds is 14. The Morgan fingerprint density at radius 2 is 0.365 bits per heavy atom. The van der Waals surface area contributed by atoms with E-state index in [1.165, 1.54) is 11.1 Å². The molecule has 12 nitrogen and oxygen atoms in total. The molecule has 24 aromatic rings. The maximum atomic E-state index is 6.27. The molecular weight excluding hydrogens is 1540 g/mol. The zero-order valence-electron chi connectivity index (χ0n) is 67.7. The first kappa shape index (κ1) is 73.9. The van der Waals surface area contributed by atoms with E-state index in [1.807, 2.05) is 121 Å². The van der Waals surface area contributed by atoms with Gasteiger partial charge in [-0.05, 0) is 144 Å². The molecule has 0 fully saturated rings. The third-order valence-electron chi connectivity index (χ3n) is 23.5. The lowest BCUT2D eigenvalue weighted by Crippen LogP contribution is -2.00. The number of aromatic nitrogens is 10. The van der Waals surface area contributed by atoms with Gasteiger partial charge in [-0.25, -0.2) is 49.8 Å². The lowest BCUT2D eigenvalue weighted by Gasteiger charge is -2.10. The summed E-state index contributed by atoms with van der Waals surface area (Å²) in [4.78, 5) is 49.7. The van der Waals surface area contributed by atoms with Crippen LogP contribution in [0.15, 0.2) is 433 Å². The normalized spacial score (nSPS) is 11.5. The quantitative estimate of drug-likeness (QED) is 0.0952. The predicted octanol–water partition coefficient (Wildman–Crippen LogP) is 29.1.